The summed E-state index contributed by atoms with van der Waals surface area (Å²) in [5, 5.41) is 0. The Morgan fingerprint density at radius 1 is 1.09 bits per heavy atom. The van der Waals surface area contributed by atoms with E-state index in [1.54, 1.807) is 0 Å². The van der Waals surface area contributed by atoms with Crippen molar-refractivity contribution in [2.24, 2.45) is 0 Å². The van der Waals surface area contributed by atoms with Crippen LogP contribution in [0, 0.1) is 14.1 Å². The lowest BCUT2D eigenvalue weighted by Crippen LogP contribution is -2.05. The van der Waals surface area contributed by atoms with Crippen molar-refractivity contribution < 1.29 is 14.3 Å². The Balaban J connectivity index is 2.10. The molecule has 0 spiro atoms. The molecular weight excluding hydrogens is 518 g/mol. The van der Waals surface area contributed by atoms with Gasteiger partial charge in [0.25, 0.3) is 0 Å². The maximum absolute atomic E-state index is 11.5. The van der Waals surface area contributed by atoms with Crippen LogP contribution in [0.2, 0.25) is 0 Å². The van der Waals surface area contributed by atoms with Gasteiger partial charge in [-0.15, -0.1) is 0 Å². The van der Waals surface area contributed by atoms with E-state index in [1.165, 1.54) is 5.56 Å². The first kappa shape index (κ1) is 18.5. The minimum Gasteiger partial charge on any atom is -0.466 e. The van der Waals surface area contributed by atoms with Gasteiger partial charge in [-0.25, -0.2) is 0 Å². The van der Waals surface area contributed by atoms with Crippen molar-refractivity contribution in [2.45, 2.75) is 26.7 Å². The predicted molar refractivity (Wildman–Crippen MR) is 108 cm³/mol. The maximum Gasteiger partial charge on any atom is 0.306 e. The lowest BCUT2D eigenvalue weighted by atomic mass is 10.1. The Bertz CT molecular complexity index is 658. The average Bonchev–Trinajstić information content (AvgIpc) is 2.51. The van der Waals surface area contributed by atoms with E-state index in [9.17, 15) is 4.79 Å². The quantitative estimate of drug-likeness (QED) is 0.362. The zero-order chi connectivity index (χ0) is 16.8. The number of benzene rings is 2. The van der Waals surface area contributed by atoms with Crippen molar-refractivity contribution >= 4 is 51.2 Å². The molecule has 0 N–H and O–H groups in total. The number of aryl methyl sites for hydroxylation is 2. The summed E-state index contributed by atoms with van der Waals surface area (Å²) < 4.78 is 13.0. The number of rotatable bonds is 6. The van der Waals surface area contributed by atoms with Crippen LogP contribution in [0.25, 0.3) is 0 Å². The van der Waals surface area contributed by atoms with Gasteiger partial charge >= 0.3 is 5.97 Å². The molecule has 0 amide bonds. The molecule has 0 heterocycles. The van der Waals surface area contributed by atoms with Crippen LogP contribution in [-0.4, -0.2) is 12.6 Å². The third-order valence-corrected chi connectivity index (χ3v) is 4.82. The Kier molecular flexibility index (Phi) is 7.13. The van der Waals surface area contributed by atoms with Gasteiger partial charge < -0.3 is 9.47 Å². The van der Waals surface area contributed by atoms with Gasteiger partial charge in [-0.2, -0.15) is 0 Å². The molecule has 2 aromatic rings. The molecule has 0 saturated carbocycles. The van der Waals surface area contributed by atoms with Crippen LogP contribution < -0.4 is 4.74 Å². The summed E-state index contributed by atoms with van der Waals surface area (Å²) in [7, 11) is 0. The summed E-state index contributed by atoms with van der Waals surface area (Å²) in [4.78, 5) is 11.5. The molecule has 122 valence electrons. The van der Waals surface area contributed by atoms with Crippen molar-refractivity contribution in [3.8, 4) is 11.5 Å². The minimum absolute atomic E-state index is 0.155. The first-order valence-electron chi connectivity index (χ1n) is 7.37. The standard InChI is InChI=1S/C18H18I2O3/c1-3-22-17(21)9-6-13-10-15(19)18(16(20)11-13)23-14-7-4-12(2)5-8-14/h4-5,7-8,10-11H,3,6,9H2,1-2H3. The summed E-state index contributed by atoms with van der Waals surface area (Å²) in [6.45, 7) is 4.30. The Morgan fingerprint density at radius 3 is 2.26 bits per heavy atom. The molecule has 0 saturated heterocycles. The molecule has 3 nitrogen and oxygen atoms in total. The topological polar surface area (TPSA) is 35.5 Å². The number of hydrogen-bond acceptors (Lipinski definition) is 3. The highest BCUT2D eigenvalue weighted by atomic mass is 127. The monoisotopic (exact) mass is 536 g/mol. The van der Waals surface area contributed by atoms with E-state index >= 15 is 0 Å². The van der Waals surface area contributed by atoms with Crippen LogP contribution in [0.4, 0.5) is 0 Å². The summed E-state index contributed by atoms with van der Waals surface area (Å²) >= 11 is 4.55. The third kappa shape index (κ3) is 5.63. The normalized spacial score (nSPS) is 10.4. The molecule has 0 fully saturated rings. The maximum atomic E-state index is 11.5. The lowest BCUT2D eigenvalue weighted by Gasteiger charge is -2.12. The molecule has 0 aliphatic heterocycles. The number of esters is 1. The number of hydrogen-bond donors (Lipinski definition) is 0. The average molecular weight is 536 g/mol. The Labute approximate surface area is 164 Å². The number of halogens is 2. The van der Waals surface area contributed by atoms with Gasteiger partial charge in [0.05, 0.1) is 13.7 Å². The highest BCUT2D eigenvalue weighted by Crippen LogP contribution is 2.33. The fourth-order valence-electron chi connectivity index (χ4n) is 2.06. The summed E-state index contributed by atoms with van der Waals surface area (Å²) in [5.41, 5.74) is 2.32. The SMILES string of the molecule is CCOC(=O)CCc1cc(I)c(Oc2ccc(C)cc2)c(I)c1. The van der Waals surface area contributed by atoms with Gasteiger partial charge in [0.2, 0.25) is 0 Å². The molecule has 0 unspecified atom stereocenters. The van der Waals surface area contributed by atoms with Crippen LogP contribution in [0.1, 0.15) is 24.5 Å². The summed E-state index contributed by atoms with van der Waals surface area (Å²) in [6, 6.07) is 12.1. The predicted octanol–water partition coefficient (Wildman–Crippen LogP) is 5.49. The molecule has 5 heteroatoms. The molecule has 0 bridgehead atoms. The minimum atomic E-state index is -0.155. The number of ether oxygens (including phenoxy) is 2. The van der Waals surface area contributed by atoms with Gasteiger partial charge in [0.15, 0.2) is 5.75 Å². The van der Waals surface area contributed by atoms with Crippen LogP contribution >= 0.6 is 45.2 Å². The smallest absolute Gasteiger partial charge is 0.306 e. The second-order valence-electron chi connectivity index (χ2n) is 5.11. The van der Waals surface area contributed by atoms with Crippen molar-refractivity contribution in [2.75, 3.05) is 6.61 Å². The van der Waals surface area contributed by atoms with Crippen LogP contribution in [0.15, 0.2) is 36.4 Å². The molecule has 0 aliphatic rings. The lowest BCUT2D eigenvalue weighted by molar-refractivity contribution is -0.143. The van der Waals surface area contributed by atoms with Crippen LogP contribution in [0.3, 0.4) is 0 Å². The van der Waals surface area contributed by atoms with Gasteiger partial charge in [-0.05, 0) is 95.3 Å². The molecule has 0 aromatic heterocycles. The van der Waals surface area contributed by atoms with E-state index in [-0.39, 0.29) is 5.97 Å². The van der Waals surface area contributed by atoms with Gasteiger partial charge in [-0.3, -0.25) is 4.79 Å². The van der Waals surface area contributed by atoms with Crippen LogP contribution in [-0.2, 0) is 16.0 Å². The Morgan fingerprint density at radius 2 is 1.70 bits per heavy atom. The second kappa shape index (κ2) is 8.86. The van der Waals surface area contributed by atoms with Crippen molar-refractivity contribution in [3.63, 3.8) is 0 Å². The zero-order valence-electron chi connectivity index (χ0n) is 13.1. The molecular formula is C18H18I2O3. The Hall–Kier alpha value is -0.830. The van der Waals surface area contributed by atoms with Crippen molar-refractivity contribution in [3.05, 3.63) is 54.7 Å². The van der Waals surface area contributed by atoms with E-state index in [0.717, 1.165) is 24.2 Å². The first-order chi connectivity index (χ1) is 11.0. The van der Waals surface area contributed by atoms with Crippen molar-refractivity contribution in [1.82, 2.24) is 0 Å². The van der Waals surface area contributed by atoms with Crippen molar-refractivity contribution in [1.29, 1.82) is 0 Å². The second-order valence-corrected chi connectivity index (χ2v) is 7.43. The molecule has 0 radical (unpaired) electrons. The van der Waals surface area contributed by atoms with E-state index in [0.29, 0.717) is 19.4 Å². The number of carbonyl (C=O) groups excluding carboxylic acids is 1. The first-order valence-corrected chi connectivity index (χ1v) is 9.53. The largest absolute Gasteiger partial charge is 0.466 e. The van der Waals surface area contributed by atoms with Crippen LogP contribution in [0.5, 0.6) is 11.5 Å². The molecule has 2 rings (SSSR count). The van der Waals surface area contributed by atoms with E-state index in [2.05, 4.69) is 64.2 Å². The van der Waals surface area contributed by atoms with E-state index in [4.69, 9.17) is 9.47 Å². The van der Waals surface area contributed by atoms with E-state index in [1.807, 2.05) is 31.2 Å². The molecule has 0 aliphatic carbocycles. The summed E-state index contributed by atoms with van der Waals surface area (Å²) in [5.74, 6) is 1.53. The van der Waals surface area contributed by atoms with E-state index < -0.39 is 0 Å². The molecule has 2 aromatic carbocycles. The van der Waals surface area contributed by atoms with Gasteiger partial charge in [0, 0.05) is 6.42 Å². The zero-order valence-corrected chi connectivity index (χ0v) is 17.4. The summed E-state index contributed by atoms with van der Waals surface area (Å²) in [6.07, 6.45) is 1.08. The third-order valence-electron chi connectivity index (χ3n) is 3.22. The van der Waals surface area contributed by atoms with Gasteiger partial charge in [0.1, 0.15) is 5.75 Å². The molecule has 23 heavy (non-hydrogen) atoms. The number of carbonyl (C=O) groups is 1. The fraction of sp³-hybridized carbons (Fsp3) is 0.278. The fourth-order valence-corrected chi connectivity index (χ4v) is 4.18. The molecule has 0 atom stereocenters. The highest BCUT2D eigenvalue weighted by molar-refractivity contribution is 14.1. The van der Waals surface area contributed by atoms with Gasteiger partial charge in [-0.1, -0.05) is 17.7 Å². The highest BCUT2D eigenvalue weighted by Gasteiger charge is 2.11.